The minimum Gasteiger partial charge on any atom is -0.373 e. The smallest absolute Gasteiger partial charge is 0.126 e. The number of nitrogens with one attached hydrogen (secondary N) is 1. The minimum atomic E-state index is 0.418. The van der Waals surface area contributed by atoms with Crippen molar-refractivity contribution in [1.29, 1.82) is 0 Å². The third kappa shape index (κ3) is 4.45. The Bertz CT molecular complexity index is 570. The van der Waals surface area contributed by atoms with Crippen LogP contribution in [0.4, 0.5) is 5.82 Å². The van der Waals surface area contributed by atoms with Gasteiger partial charge in [-0.15, -0.1) is 0 Å². The van der Waals surface area contributed by atoms with Crippen molar-refractivity contribution in [2.24, 2.45) is 0 Å². The van der Waals surface area contributed by atoms with Gasteiger partial charge in [0, 0.05) is 26.2 Å². The summed E-state index contributed by atoms with van der Waals surface area (Å²) in [4.78, 5) is 6.93. The summed E-state index contributed by atoms with van der Waals surface area (Å²) in [5.41, 5.74) is 2.21. The van der Waals surface area contributed by atoms with Gasteiger partial charge < -0.3 is 5.32 Å². The van der Waals surface area contributed by atoms with Crippen LogP contribution in [0.3, 0.4) is 0 Å². The summed E-state index contributed by atoms with van der Waals surface area (Å²) in [6.45, 7) is 6.01. The maximum atomic E-state index is 6.29. The van der Waals surface area contributed by atoms with Gasteiger partial charge in [-0.3, -0.25) is 4.90 Å². The largest absolute Gasteiger partial charge is 0.373 e. The minimum absolute atomic E-state index is 0.418. The average Bonchev–Trinajstić information content (AvgIpc) is 2.49. The van der Waals surface area contributed by atoms with Crippen LogP contribution in [0, 0.1) is 0 Å². The van der Waals surface area contributed by atoms with Crippen molar-refractivity contribution in [3.63, 3.8) is 0 Å². The normalized spacial score (nSPS) is 11.1. The average molecular weight is 304 g/mol. The molecule has 0 radical (unpaired) electrons. The Balaban J connectivity index is 2.16. The van der Waals surface area contributed by atoms with Crippen molar-refractivity contribution in [3.05, 3.63) is 58.7 Å². The van der Waals surface area contributed by atoms with Gasteiger partial charge in [0.25, 0.3) is 0 Å². The second kappa shape index (κ2) is 7.43. The van der Waals surface area contributed by atoms with Gasteiger partial charge in [0.05, 0.1) is 10.7 Å². The topological polar surface area (TPSA) is 28.2 Å². The SMILES string of the molecule is CNc1ccc(Cl)c(CN(Cc2ccccc2)C(C)C)n1. The van der Waals surface area contributed by atoms with Gasteiger partial charge in [0.1, 0.15) is 5.82 Å². The fraction of sp³-hybridized carbons (Fsp3) is 0.353. The lowest BCUT2D eigenvalue weighted by atomic mass is 10.2. The number of aromatic nitrogens is 1. The van der Waals surface area contributed by atoms with Crippen molar-refractivity contribution < 1.29 is 0 Å². The molecule has 0 aliphatic carbocycles. The monoisotopic (exact) mass is 303 g/mol. The summed E-state index contributed by atoms with van der Waals surface area (Å²) in [5.74, 6) is 0.845. The number of hydrogen-bond acceptors (Lipinski definition) is 3. The van der Waals surface area contributed by atoms with E-state index in [1.165, 1.54) is 5.56 Å². The van der Waals surface area contributed by atoms with Gasteiger partial charge in [0.2, 0.25) is 0 Å². The molecule has 2 aromatic rings. The van der Waals surface area contributed by atoms with E-state index in [0.717, 1.165) is 24.6 Å². The number of pyridine rings is 1. The third-order valence-corrected chi connectivity index (χ3v) is 3.83. The van der Waals surface area contributed by atoms with Crippen LogP contribution in [-0.4, -0.2) is 23.0 Å². The van der Waals surface area contributed by atoms with Gasteiger partial charge in [-0.2, -0.15) is 0 Å². The van der Waals surface area contributed by atoms with Gasteiger partial charge in [-0.25, -0.2) is 4.98 Å². The predicted octanol–water partition coefficient (Wildman–Crippen LogP) is 4.19. The fourth-order valence-corrected chi connectivity index (χ4v) is 2.33. The van der Waals surface area contributed by atoms with Crippen molar-refractivity contribution in [3.8, 4) is 0 Å². The van der Waals surface area contributed by atoms with E-state index >= 15 is 0 Å². The Morgan fingerprint density at radius 3 is 2.43 bits per heavy atom. The molecular weight excluding hydrogens is 282 g/mol. The Labute approximate surface area is 132 Å². The molecule has 112 valence electrons. The Morgan fingerprint density at radius 2 is 1.81 bits per heavy atom. The van der Waals surface area contributed by atoms with E-state index in [0.29, 0.717) is 11.1 Å². The fourth-order valence-electron chi connectivity index (χ4n) is 2.17. The molecule has 0 saturated heterocycles. The first kappa shape index (κ1) is 15.8. The predicted molar refractivity (Wildman–Crippen MR) is 89.6 cm³/mol. The van der Waals surface area contributed by atoms with Crippen LogP contribution < -0.4 is 5.32 Å². The molecule has 0 fully saturated rings. The molecule has 3 nitrogen and oxygen atoms in total. The highest BCUT2D eigenvalue weighted by atomic mass is 35.5. The summed E-state index contributed by atoms with van der Waals surface area (Å²) >= 11 is 6.29. The molecule has 2 rings (SSSR count). The molecule has 0 aliphatic rings. The summed E-state index contributed by atoms with van der Waals surface area (Å²) in [6, 6.07) is 14.7. The number of halogens is 1. The van der Waals surface area contributed by atoms with Gasteiger partial charge >= 0.3 is 0 Å². The molecule has 0 bridgehead atoms. The van der Waals surface area contributed by atoms with Crippen LogP contribution in [0.15, 0.2) is 42.5 Å². The van der Waals surface area contributed by atoms with Crippen LogP contribution in [0.1, 0.15) is 25.1 Å². The molecule has 1 aromatic carbocycles. The molecule has 4 heteroatoms. The highest BCUT2D eigenvalue weighted by molar-refractivity contribution is 6.31. The number of nitrogens with zero attached hydrogens (tertiary/aromatic N) is 2. The van der Waals surface area contributed by atoms with Crippen LogP contribution in [0.25, 0.3) is 0 Å². The molecule has 0 atom stereocenters. The highest BCUT2D eigenvalue weighted by Crippen LogP contribution is 2.20. The van der Waals surface area contributed by atoms with E-state index in [1.54, 1.807) is 0 Å². The molecule has 0 amide bonds. The molecule has 1 heterocycles. The zero-order chi connectivity index (χ0) is 15.2. The summed E-state index contributed by atoms with van der Waals surface area (Å²) in [6.07, 6.45) is 0. The van der Waals surface area contributed by atoms with E-state index < -0.39 is 0 Å². The first-order chi connectivity index (χ1) is 10.1. The number of rotatable bonds is 6. The van der Waals surface area contributed by atoms with E-state index in [9.17, 15) is 0 Å². The van der Waals surface area contributed by atoms with E-state index in [2.05, 4.69) is 53.3 Å². The highest BCUT2D eigenvalue weighted by Gasteiger charge is 2.14. The summed E-state index contributed by atoms with van der Waals surface area (Å²) < 4.78 is 0. The van der Waals surface area contributed by atoms with E-state index in [-0.39, 0.29) is 0 Å². The summed E-state index contributed by atoms with van der Waals surface area (Å²) in [7, 11) is 1.87. The number of anilines is 1. The van der Waals surface area contributed by atoms with E-state index in [1.807, 2.05) is 25.2 Å². The zero-order valence-corrected chi connectivity index (χ0v) is 13.6. The van der Waals surface area contributed by atoms with Crippen molar-refractivity contribution in [1.82, 2.24) is 9.88 Å². The lowest BCUT2D eigenvalue weighted by molar-refractivity contribution is 0.201. The molecule has 0 spiro atoms. The van der Waals surface area contributed by atoms with Gasteiger partial charge in [-0.05, 0) is 31.5 Å². The Hall–Kier alpha value is -1.58. The molecule has 21 heavy (non-hydrogen) atoms. The standard InChI is InChI=1S/C17H22ClN3/c1-13(2)21(11-14-7-5-4-6-8-14)12-16-15(18)9-10-17(19-3)20-16/h4-10,13H,11-12H2,1-3H3,(H,19,20). The second-order valence-corrected chi connectivity index (χ2v) is 5.77. The van der Waals surface area contributed by atoms with Crippen molar-refractivity contribution >= 4 is 17.4 Å². The number of benzene rings is 1. The Kier molecular flexibility index (Phi) is 5.59. The third-order valence-electron chi connectivity index (χ3n) is 3.49. The Morgan fingerprint density at radius 1 is 1.10 bits per heavy atom. The molecule has 0 saturated carbocycles. The van der Waals surface area contributed by atoms with Crippen LogP contribution in [-0.2, 0) is 13.1 Å². The lowest BCUT2D eigenvalue weighted by Gasteiger charge is -2.26. The molecular formula is C17H22ClN3. The quantitative estimate of drug-likeness (QED) is 0.867. The maximum absolute atomic E-state index is 6.29. The zero-order valence-electron chi connectivity index (χ0n) is 12.8. The van der Waals surface area contributed by atoms with E-state index in [4.69, 9.17) is 11.6 Å². The lowest BCUT2D eigenvalue weighted by Crippen LogP contribution is -2.30. The molecule has 0 unspecified atom stereocenters. The maximum Gasteiger partial charge on any atom is 0.126 e. The first-order valence-corrected chi connectivity index (χ1v) is 7.59. The molecule has 0 aliphatic heterocycles. The second-order valence-electron chi connectivity index (χ2n) is 5.36. The first-order valence-electron chi connectivity index (χ1n) is 7.21. The van der Waals surface area contributed by atoms with Crippen LogP contribution >= 0.6 is 11.6 Å². The van der Waals surface area contributed by atoms with Crippen molar-refractivity contribution in [2.75, 3.05) is 12.4 Å². The molecule has 1 aromatic heterocycles. The van der Waals surface area contributed by atoms with Gasteiger partial charge in [-0.1, -0.05) is 41.9 Å². The number of hydrogen-bond donors (Lipinski definition) is 1. The van der Waals surface area contributed by atoms with Crippen molar-refractivity contribution in [2.45, 2.75) is 33.0 Å². The van der Waals surface area contributed by atoms with Crippen LogP contribution in [0.5, 0.6) is 0 Å². The van der Waals surface area contributed by atoms with Gasteiger partial charge in [0.15, 0.2) is 0 Å². The molecule has 1 N–H and O–H groups in total. The van der Waals surface area contributed by atoms with Crippen LogP contribution in [0.2, 0.25) is 5.02 Å². The summed E-state index contributed by atoms with van der Waals surface area (Å²) in [5, 5.41) is 3.77.